The molecule has 0 unspecified atom stereocenters. The van der Waals surface area contributed by atoms with E-state index in [0.717, 1.165) is 36.3 Å². The molecule has 2 aromatic carbocycles. The van der Waals surface area contributed by atoms with E-state index in [2.05, 4.69) is 15.3 Å². The number of nitrogens with one attached hydrogen (secondary N) is 2. The predicted octanol–water partition coefficient (Wildman–Crippen LogP) is 3.81. The number of aromatic nitrogens is 2. The van der Waals surface area contributed by atoms with Gasteiger partial charge in [0, 0.05) is 17.9 Å². The first-order valence-corrected chi connectivity index (χ1v) is 7.87. The Balaban J connectivity index is 1.57. The number of carbonyl (C=O) groups is 1. The van der Waals surface area contributed by atoms with E-state index in [9.17, 15) is 9.18 Å². The molecular weight excluding hydrogens is 309 g/mol. The summed E-state index contributed by atoms with van der Waals surface area (Å²) in [5, 5.41) is 2.77. The van der Waals surface area contributed by atoms with Crippen LogP contribution < -0.4 is 5.32 Å². The number of ether oxygens (including phenoxy) is 1. The van der Waals surface area contributed by atoms with Crippen molar-refractivity contribution in [1.82, 2.24) is 9.97 Å². The lowest BCUT2D eigenvalue weighted by Gasteiger charge is -2.05. The molecule has 2 N–H and O–H groups in total. The van der Waals surface area contributed by atoms with E-state index in [0.29, 0.717) is 5.69 Å². The van der Waals surface area contributed by atoms with Crippen LogP contribution in [0.15, 0.2) is 42.5 Å². The average molecular weight is 325 g/mol. The van der Waals surface area contributed by atoms with Gasteiger partial charge in [-0.05, 0) is 49.2 Å². The van der Waals surface area contributed by atoms with E-state index in [4.69, 9.17) is 4.74 Å². The Labute approximate surface area is 137 Å². The molecule has 0 bridgehead atoms. The largest absolute Gasteiger partial charge is 0.370 e. The highest BCUT2D eigenvalue weighted by molar-refractivity contribution is 6.04. The normalized spacial score (nSPS) is 17.3. The van der Waals surface area contributed by atoms with Gasteiger partial charge in [-0.2, -0.15) is 0 Å². The second-order valence-electron chi connectivity index (χ2n) is 5.82. The molecule has 1 atom stereocenters. The molecule has 122 valence electrons. The zero-order chi connectivity index (χ0) is 16.5. The molecule has 6 heteroatoms. The number of anilines is 1. The van der Waals surface area contributed by atoms with Crippen LogP contribution in [0.3, 0.4) is 0 Å². The number of nitrogens with zero attached hydrogens (tertiary/aromatic N) is 1. The van der Waals surface area contributed by atoms with Gasteiger partial charge in [-0.3, -0.25) is 4.79 Å². The van der Waals surface area contributed by atoms with Crippen LogP contribution in [-0.4, -0.2) is 22.5 Å². The van der Waals surface area contributed by atoms with Gasteiger partial charge >= 0.3 is 0 Å². The highest BCUT2D eigenvalue weighted by Gasteiger charge is 2.21. The van der Waals surface area contributed by atoms with Gasteiger partial charge in [-0.1, -0.05) is 6.07 Å². The Hall–Kier alpha value is -2.73. The van der Waals surface area contributed by atoms with Crippen LogP contribution in [0, 0.1) is 5.82 Å². The van der Waals surface area contributed by atoms with Crippen LogP contribution in [0.1, 0.15) is 35.1 Å². The van der Waals surface area contributed by atoms with Gasteiger partial charge in [0.05, 0.1) is 11.0 Å². The summed E-state index contributed by atoms with van der Waals surface area (Å²) in [4.78, 5) is 20.0. The molecule has 1 fully saturated rings. The van der Waals surface area contributed by atoms with Gasteiger partial charge in [0.15, 0.2) is 0 Å². The Morgan fingerprint density at radius 2 is 2.21 bits per heavy atom. The van der Waals surface area contributed by atoms with Gasteiger partial charge in [0.25, 0.3) is 5.91 Å². The predicted molar refractivity (Wildman–Crippen MR) is 88.4 cm³/mol. The van der Waals surface area contributed by atoms with Crippen molar-refractivity contribution in [1.29, 1.82) is 0 Å². The number of carbonyl (C=O) groups excluding carboxylic acids is 1. The van der Waals surface area contributed by atoms with Crippen molar-refractivity contribution in [3.63, 3.8) is 0 Å². The summed E-state index contributed by atoms with van der Waals surface area (Å²) in [5.74, 6) is 0.0247. The minimum atomic E-state index is -0.437. The first-order chi connectivity index (χ1) is 11.7. The molecule has 0 spiro atoms. The molecule has 1 aromatic heterocycles. The first-order valence-electron chi connectivity index (χ1n) is 7.87. The van der Waals surface area contributed by atoms with Gasteiger partial charge in [0.1, 0.15) is 17.7 Å². The second kappa shape index (κ2) is 6.05. The van der Waals surface area contributed by atoms with Crippen LogP contribution >= 0.6 is 0 Å². The third-order valence-electron chi connectivity index (χ3n) is 4.08. The van der Waals surface area contributed by atoms with Gasteiger partial charge in [-0.15, -0.1) is 0 Å². The Bertz CT molecular complexity index is 900. The number of benzene rings is 2. The van der Waals surface area contributed by atoms with Gasteiger partial charge in [-0.25, -0.2) is 9.37 Å². The van der Waals surface area contributed by atoms with Crippen LogP contribution in [0.5, 0.6) is 0 Å². The molecule has 3 aromatic rings. The molecule has 1 amide bonds. The van der Waals surface area contributed by atoms with E-state index >= 15 is 0 Å². The van der Waals surface area contributed by atoms with Crippen LogP contribution in [-0.2, 0) is 4.74 Å². The number of H-pyrrole nitrogens is 1. The van der Waals surface area contributed by atoms with Gasteiger partial charge < -0.3 is 15.0 Å². The summed E-state index contributed by atoms with van der Waals surface area (Å²) >= 11 is 0. The maximum absolute atomic E-state index is 13.2. The van der Waals surface area contributed by atoms with Crippen molar-refractivity contribution in [2.45, 2.75) is 18.9 Å². The van der Waals surface area contributed by atoms with Crippen molar-refractivity contribution in [2.75, 3.05) is 11.9 Å². The molecule has 2 heterocycles. The van der Waals surface area contributed by atoms with Crippen LogP contribution in [0.2, 0.25) is 0 Å². The lowest BCUT2D eigenvalue weighted by molar-refractivity contribution is 0.102. The lowest BCUT2D eigenvalue weighted by Crippen LogP contribution is -2.11. The standard InChI is InChI=1S/C18H16FN3O2/c19-12-4-1-3-11(9-12)18(23)20-13-6-7-14-15(10-13)22-17(21-14)16-5-2-8-24-16/h1,3-4,6-7,9-10,16H,2,5,8H2,(H,20,23)(H,21,22)/t16-/m1/s1. The van der Waals surface area contributed by atoms with Crippen LogP contribution in [0.25, 0.3) is 11.0 Å². The minimum Gasteiger partial charge on any atom is -0.370 e. The number of fused-ring (bicyclic) bond motifs is 1. The monoisotopic (exact) mass is 325 g/mol. The molecular formula is C18H16FN3O2. The van der Waals surface area contributed by atoms with Crippen molar-refractivity contribution in [2.24, 2.45) is 0 Å². The molecule has 1 saturated heterocycles. The number of halogens is 1. The van der Waals surface area contributed by atoms with E-state index in [1.165, 1.54) is 18.2 Å². The van der Waals surface area contributed by atoms with Crippen molar-refractivity contribution in [3.8, 4) is 0 Å². The van der Waals surface area contributed by atoms with Crippen molar-refractivity contribution in [3.05, 3.63) is 59.7 Å². The minimum absolute atomic E-state index is 0.0164. The van der Waals surface area contributed by atoms with E-state index < -0.39 is 5.82 Å². The van der Waals surface area contributed by atoms with Crippen molar-refractivity contribution >= 4 is 22.6 Å². The van der Waals surface area contributed by atoms with E-state index in [1.807, 2.05) is 12.1 Å². The molecule has 0 radical (unpaired) electrons. The summed E-state index contributed by atoms with van der Waals surface area (Å²) in [5.41, 5.74) is 2.56. The zero-order valence-corrected chi connectivity index (χ0v) is 12.9. The summed E-state index contributed by atoms with van der Waals surface area (Å²) in [6.07, 6.45) is 2.02. The summed E-state index contributed by atoms with van der Waals surface area (Å²) < 4.78 is 18.9. The number of hydrogen-bond donors (Lipinski definition) is 2. The number of aromatic amines is 1. The average Bonchev–Trinajstić information content (AvgIpc) is 3.23. The Kier molecular flexibility index (Phi) is 3.74. The number of imidazole rings is 1. The molecule has 1 aliphatic heterocycles. The lowest BCUT2D eigenvalue weighted by atomic mass is 10.2. The molecule has 5 nitrogen and oxygen atoms in total. The van der Waals surface area contributed by atoms with E-state index in [-0.39, 0.29) is 17.6 Å². The quantitative estimate of drug-likeness (QED) is 0.769. The Morgan fingerprint density at radius 1 is 1.29 bits per heavy atom. The molecule has 1 aliphatic rings. The molecule has 0 aliphatic carbocycles. The highest BCUT2D eigenvalue weighted by Crippen LogP contribution is 2.28. The Morgan fingerprint density at radius 3 is 3.00 bits per heavy atom. The summed E-state index contributed by atoms with van der Waals surface area (Å²) in [7, 11) is 0. The third-order valence-corrected chi connectivity index (χ3v) is 4.08. The zero-order valence-electron chi connectivity index (χ0n) is 12.9. The van der Waals surface area contributed by atoms with Gasteiger partial charge in [0.2, 0.25) is 0 Å². The molecule has 0 saturated carbocycles. The van der Waals surface area contributed by atoms with Crippen LogP contribution in [0.4, 0.5) is 10.1 Å². The molecule has 4 rings (SSSR count). The summed E-state index contributed by atoms with van der Waals surface area (Å²) in [6.45, 7) is 0.761. The maximum Gasteiger partial charge on any atom is 0.255 e. The number of hydrogen-bond acceptors (Lipinski definition) is 3. The topological polar surface area (TPSA) is 67.0 Å². The smallest absolute Gasteiger partial charge is 0.255 e. The number of amides is 1. The first kappa shape index (κ1) is 14.8. The fourth-order valence-corrected chi connectivity index (χ4v) is 2.89. The van der Waals surface area contributed by atoms with E-state index in [1.54, 1.807) is 12.1 Å². The SMILES string of the molecule is O=C(Nc1ccc2nc([C@H]3CCCO3)[nH]c2c1)c1cccc(F)c1. The summed E-state index contributed by atoms with van der Waals surface area (Å²) in [6, 6.07) is 11.0. The fourth-order valence-electron chi connectivity index (χ4n) is 2.89. The third kappa shape index (κ3) is 2.88. The number of rotatable bonds is 3. The highest BCUT2D eigenvalue weighted by atomic mass is 19.1. The van der Waals surface area contributed by atoms with Crippen molar-refractivity contribution < 1.29 is 13.9 Å². The fraction of sp³-hybridized carbons (Fsp3) is 0.222. The molecule has 24 heavy (non-hydrogen) atoms. The maximum atomic E-state index is 13.2. The second-order valence-corrected chi connectivity index (χ2v) is 5.82.